The van der Waals surface area contributed by atoms with Gasteiger partial charge in [-0.1, -0.05) is 41.5 Å². The third kappa shape index (κ3) is 8.28. The topological polar surface area (TPSA) is 42.1 Å². The normalized spacial score (nSPS) is 9.48. The van der Waals surface area contributed by atoms with Crippen molar-refractivity contribution in [3.63, 3.8) is 0 Å². The maximum atomic E-state index is 12.2. The van der Waals surface area contributed by atoms with Crippen LogP contribution in [0.15, 0.2) is 29.1 Å². The molecule has 0 fully saturated rings. The number of hydrogen-bond acceptors (Lipinski definition) is 2. The zero-order valence-electron chi connectivity index (χ0n) is 14.8. The summed E-state index contributed by atoms with van der Waals surface area (Å²) in [5.41, 5.74) is 0.178. The smallest absolute Gasteiger partial charge is 0.404 e. The first-order chi connectivity index (χ1) is 10.8. The molecule has 0 unspecified atom stereocenters. The van der Waals surface area contributed by atoms with E-state index in [4.69, 9.17) is 0 Å². The van der Waals surface area contributed by atoms with Crippen molar-refractivity contribution in [2.45, 2.75) is 54.8 Å². The van der Waals surface area contributed by atoms with Crippen LogP contribution in [0.1, 0.15) is 47.1 Å². The van der Waals surface area contributed by atoms with Crippen molar-refractivity contribution >= 4 is 10.9 Å². The molecule has 0 saturated carbocycles. The number of aryl methyl sites for hydroxylation is 1. The standard InChI is InChI=1S/C11H8F3NO2.3C2H6/c1-6-4-7-2-3-9(16)15-10(7)8(5-6)17-11(12,13)14;3*1-2/h2-5H,1H3,(H,15,16);3*1-2H3. The highest BCUT2D eigenvalue weighted by Crippen LogP contribution is 2.29. The van der Waals surface area contributed by atoms with Crippen LogP contribution in [0, 0.1) is 6.92 Å². The van der Waals surface area contributed by atoms with E-state index in [1.54, 1.807) is 13.0 Å². The van der Waals surface area contributed by atoms with Gasteiger partial charge < -0.3 is 9.72 Å². The molecule has 132 valence electrons. The van der Waals surface area contributed by atoms with Crippen LogP contribution in [-0.4, -0.2) is 11.3 Å². The molecule has 0 bridgehead atoms. The predicted octanol–water partition coefficient (Wildman–Crippen LogP) is 5.81. The highest BCUT2D eigenvalue weighted by atomic mass is 19.4. The molecule has 0 amide bonds. The Bertz CT molecular complexity index is 619. The minimum absolute atomic E-state index is 0.0421. The van der Waals surface area contributed by atoms with Crippen LogP contribution in [0.25, 0.3) is 10.9 Å². The van der Waals surface area contributed by atoms with E-state index in [1.807, 2.05) is 41.5 Å². The van der Waals surface area contributed by atoms with Crippen molar-refractivity contribution in [1.29, 1.82) is 0 Å². The Morgan fingerprint density at radius 2 is 1.48 bits per heavy atom. The first kappa shape index (κ1) is 23.3. The predicted molar refractivity (Wildman–Crippen MR) is 90.0 cm³/mol. The zero-order valence-corrected chi connectivity index (χ0v) is 14.8. The van der Waals surface area contributed by atoms with Crippen molar-refractivity contribution in [2.24, 2.45) is 0 Å². The molecule has 1 heterocycles. The average Bonchev–Trinajstić information content (AvgIpc) is 2.52. The van der Waals surface area contributed by atoms with Gasteiger partial charge in [-0.25, -0.2) is 0 Å². The molecule has 2 rings (SSSR count). The molecule has 0 aliphatic rings. The zero-order chi connectivity index (χ0) is 18.6. The Kier molecular flexibility index (Phi) is 11.7. The molecule has 0 spiro atoms. The Morgan fingerprint density at radius 3 is 1.96 bits per heavy atom. The molecule has 23 heavy (non-hydrogen) atoms. The second kappa shape index (κ2) is 11.6. The van der Waals surface area contributed by atoms with Gasteiger partial charge in [0.25, 0.3) is 0 Å². The van der Waals surface area contributed by atoms with Crippen LogP contribution in [-0.2, 0) is 0 Å². The number of alkyl halides is 3. The molecule has 1 aromatic carbocycles. The minimum Gasteiger partial charge on any atom is -0.404 e. The van der Waals surface area contributed by atoms with Gasteiger partial charge in [0.15, 0.2) is 5.75 Å². The largest absolute Gasteiger partial charge is 0.573 e. The SMILES string of the molecule is CC.CC.CC.Cc1cc(OC(F)(F)F)c2[nH]c(=O)ccc2c1. The van der Waals surface area contributed by atoms with Gasteiger partial charge in [-0.05, 0) is 30.7 Å². The highest BCUT2D eigenvalue weighted by Gasteiger charge is 2.32. The Morgan fingerprint density at radius 1 is 0.957 bits per heavy atom. The van der Waals surface area contributed by atoms with Crippen LogP contribution in [0.5, 0.6) is 5.75 Å². The van der Waals surface area contributed by atoms with E-state index in [-0.39, 0.29) is 5.52 Å². The maximum Gasteiger partial charge on any atom is 0.573 e. The molecule has 0 saturated heterocycles. The number of aromatic amines is 1. The summed E-state index contributed by atoms with van der Waals surface area (Å²) < 4.78 is 40.4. The van der Waals surface area contributed by atoms with Crippen molar-refractivity contribution in [3.05, 3.63) is 40.2 Å². The number of benzene rings is 1. The van der Waals surface area contributed by atoms with Crippen molar-refractivity contribution in [3.8, 4) is 5.75 Å². The van der Waals surface area contributed by atoms with Crippen molar-refractivity contribution in [1.82, 2.24) is 4.98 Å². The van der Waals surface area contributed by atoms with Gasteiger partial charge in [0.05, 0.1) is 5.52 Å². The fourth-order valence-corrected chi connectivity index (χ4v) is 1.58. The van der Waals surface area contributed by atoms with Crippen molar-refractivity contribution in [2.75, 3.05) is 0 Å². The fourth-order valence-electron chi connectivity index (χ4n) is 1.58. The minimum atomic E-state index is -4.78. The second-order valence-electron chi connectivity index (χ2n) is 3.60. The third-order valence-corrected chi connectivity index (χ3v) is 2.17. The number of aromatic nitrogens is 1. The van der Waals surface area contributed by atoms with Gasteiger partial charge in [0.2, 0.25) is 5.56 Å². The summed E-state index contributed by atoms with van der Waals surface area (Å²) in [6.07, 6.45) is -4.78. The summed E-state index contributed by atoms with van der Waals surface area (Å²) in [7, 11) is 0. The number of rotatable bonds is 1. The van der Waals surface area contributed by atoms with Gasteiger partial charge in [-0.2, -0.15) is 0 Å². The molecular formula is C17H26F3NO2. The summed E-state index contributed by atoms with van der Waals surface area (Å²) in [6, 6.07) is 5.59. The van der Waals surface area contributed by atoms with Gasteiger partial charge in [-0.15, -0.1) is 13.2 Å². The van der Waals surface area contributed by atoms with Gasteiger partial charge in [0.1, 0.15) is 0 Å². The number of pyridine rings is 1. The van der Waals surface area contributed by atoms with E-state index in [9.17, 15) is 18.0 Å². The lowest BCUT2D eigenvalue weighted by Crippen LogP contribution is -2.18. The number of ether oxygens (including phenoxy) is 1. The molecule has 0 radical (unpaired) electrons. The van der Waals surface area contributed by atoms with E-state index < -0.39 is 17.7 Å². The third-order valence-electron chi connectivity index (χ3n) is 2.17. The lowest BCUT2D eigenvalue weighted by Gasteiger charge is -2.11. The van der Waals surface area contributed by atoms with E-state index in [1.165, 1.54) is 18.2 Å². The molecule has 0 aliphatic carbocycles. The quantitative estimate of drug-likeness (QED) is 0.715. The van der Waals surface area contributed by atoms with Crippen LogP contribution < -0.4 is 10.3 Å². The van der Waals surface area contributed by atoms with Crippen LogP contribution in [0.2, 0.25) is 0 Å². The lowest BCUT2D eigenvalue weighted by molar-refractivity contribution is -0.274. The van der Waals surface area contributed by atoms with Crippen LogP contribution in [0.3, 0.4) is 0 Å². The molecule has 1 N–H and O–H groups in total. The summed E-state index contributed by atoms with van der Waals surface area (Å²) >= 11 is 0. The van der Waals surface area contributed by atoms with Crippen LogP contribution in [0.4, 0.5) is 13.2 Å². The average molecular weight is 333 g/mol. The Labute approximate surface area is 135 Å². The van der Waals surface area contributed by atoms with Crippen LogP contribution >= 0.6 is 0 Å². The summed E-state index contributed by atoms with van der Waals surface area (Å²) in [5, 5.41) is 0.490. The molecule has 0 atom stereocenters. The van der Waals surface area contributed by atoms with Gasteiger partial charge >= 0.3 is 6.36 Å². The lowest BCUT2D eigenvalue weighted by atomic mass is 10.1. The van der Waals surface area contributed by atoms with E-state index in [2.05, 4.69) is 9.72 Å². The van der Waals surface area contributed by atoms with E-state index in [0.29, 0.717) is 10.9 Å². The monoisotopic (exact) mass is 333 g/mol. The van der Waals surface area contributed by atoms with E-state index >= 15 is 0 Å². The fraction of sp³-hybridized carbons (Fsp3) is 0.471. The number of halogens is 3. The number of H-pyrrole nitrogens is 1. The summed E-state index contributed by atoms with van der Waals surface area (Å²) in [4.78, 5) is 13.4. The first-order valence-corrected chi connectivity index (χ1v) is 7.74. The Balaban J connectivity index is 0. The molecule has 6 heteroatoms. The molecular weight excluding hydrogens is 307 g/mol. The van der Waals surface area contributed by atoms with Gasteiger partial charge in [0, 0.05) is 11.5 Å². The number of nitrogens with one attached hydrogen (secondary N) is 1. The highest BCUT2D eigenvalue weighted by molar-refractivity contribution is 5.85. The number of fused-ring (bicyclic) bond motifs is 1. The molecule has 0 aliphatic heterocycles. The van der Waals surface area contributed by atoms with Crippen molar-refractivity contribution < 1.29 is 17.9 Å². The molecule has 1 aromatic heterocycles. The van der Waals surface area contributed by atoms with E-state index in [0.717, 1.165) is 0 Å². The summed E-state index contributed by atoms with van der Waals surface area (Å²) in [5.74, 6) is -0.398. The first-order valence-electron chi connectivity index (χ1n) is 7.74. The Hall–Kier alpha value is -1.98. The maximum absolute atomic E-state index is 12.2. The molecule has 2 aromatic rings. The summed E-state index contributed by atoms with van der Waals surface area (Å²) in [6.45, 7) is 13.6. The second-order valence-corrected chi connectivity index (χ2v) is 3.60. The molecule has 3 nitrogen and oxygen atoms in total. The van der Waals surface area contributed by atoms with Gasteiger partial charge in [-0.3, -0.25) is 4.79 Å². The number of hydrogen-bond donors (Lipinski definition) is 1.